The first kappa shape index (κ1) is 5.89. The van der Waals surface area contributed by atoms with Crippen LogP contribution < -0.4 is 0 Å². The van der Waals surface area contributed by atoms with Crippen LogP contribution in [0.15, 0.2) is 4.42 Å². The number of rotatable bonds is 2. The molecule has 3 heteroatoms. The van der Waals surface area contributed by atoms with Crippen molar-refractivity contribution in [2.24, 2.45) is 5.92 Å². The van der Waals surface area contributed by atoms with Crippen molar-refractivity contribution in [3.8, 4) is 0 Å². The SMILES string of the molecule is [c]1nnc(CC2CCC2)o1. The van der Waals surface area contributed by atoms with E-state index in [0.717, 1.165) is 18.2 Å². The smallest absolute Gasteiger partial charge is 0.305 e. The van der Waals surface area contributed by atoms with E-state index in [1.165, 1.54) is 19.3 Å². The quantitative estimate of drug-likeness (QED) is 0.615. The van der Waals surface area contributed by atoms with Gasteiger partial charge < -0.3 is 4.42 Å². The largest absolute Gasteiger partial charge is 0.417 e. The van der Waals surface area contributed by atoms with E-state index < -0.39 is 0 Å². The van der Waals surface area contributed by atoms with Crippen LogP contribution in [0.4, 0.5) is 0 Å². The summed E-state index contributed by atoms with van der Waals surface area (Å²) in [7, 11) is 0. The molecule has 1 aliphatic rings. The summed E-state index contributed by atoms with van der Waals surface area (Å²) in [4.78, 5) is 0. The normalized spacial score (nSPS) is 18.8. The van der Waals surface area contributed by atoms with Crippen LogP contribution in [0.3, 0.4) is 0 Å². The summed E-state index contributed by atoms with van der Waals surface area (Å²) in [6, 6.07) is 0. The van der Waals surface area contributed by atoms with Gasteiger partial charge in [0.25, 0.3) is 0 Å². The van der Waals surface area contributed by atoms with E-state index in [2.05, 4.69) is 16.6 Å². The fourth-order valence-electron chi connectivity index (χ4n) is 1.20. The molecule has 1 fully saturated rings. The summed E-state index contributed by atoms with van der Waals surface area (Å²) < 4.78 is 4.89. The van der Waals surface area contributed by atoms with Crippen molar-refractivity contribution in [1.82, 2.24) is 10.2 Å². The maximum atomic E-state index is 4.89. The molecule has 10 heavy (non-hydrogen) atoms. The number of aromatic nitrogens is 2. The van der Waals surface area contributed by atoms with Gasteiger partial charge in [0.2, 0.25) is 5.89 Å². The number of nitrogens with zero attached hydrogens (tertiary/aromatic N) is 2. The molecular weight excluding hydrogens is 128 g/mol. The van der Waals surface area contributed by atoms with Crippen LogP contribution in [0, 0.1) is 12.3 Å². The summed E-state index contributed by atoms with van der Waals surface area (Å²) in [6.45, 7) is 0. The Morgan fingerprint density at radius 1 is 1.60 bits per heavy atom. The fraction of sp³-hybridized carbons (Fsp3) is 0.714. The Balaban J connectivity index is 1.90. The van der Waals surface area contributed by atoms with E-state index >= 15 is 0 Å². The summed E-state index contributed by atoms with van der Waals surface area (Å²) in [5.41, 5.74) is 0. The summed E-state index contributed by atoms with van der Waals surface area (Å²) in [5.74, 6) is 1.54. The Morgan fingerprint density at radius 3 is 3.00 bits per heavy atom. The standard InChI is InChI=1S/C7H9N2O/c1-2-6(3-1)4-7-9-8-5-10-7/h6H,1-4H2. The highest BCUT2D eigenvalue weighted by molar-refractivity contribution is 4.81. The van der Waals surface area contributed by atoms with Gasteiger partial charge in [0.15, 0.2) is 0 Å². The molecule has 53 valence electrons. The summed E-state index contributed by atoms with van der Waals surface area (Å²) in [6.07, 6.45) is 7.31. The van der Waals surface area contributed by atoms with Crippen molar-refractivity contribution >= 4 is 0 Å². The van der Waals surface area contributed by atoms with Crippen molar-refractivity contribution in [1.29, 1.82) is 0 Å². The highest BCUT2D eigenvalue weighted by Crippen LogP contribution is 2.28. The second-order valence-corrected chi connectivity index (χ2v) is 2.79. The lowest BCUT2D eigenvalue weighted by Crippen LogP contribution is -2.13. The molecule has 1 aromatic heterocycles. The molecule has 0 amide bonds. The number of hydrogen-bond acceptors (Lipinski definition) is 3. The van der Waals surface area contributed by atoms with Crippen LogP contribution in [0.1, 0.15) is 25.2 Å². The average molecular weight is 137 g/mol. The number of hydrogen-bond donors (Lipinski definition) is 0. The first-order valence-electron chi connectivity index (χ1n) is 3.63. The molecule has 0 spiro atoms. The fourth-order valence-corrected chi connectivity index (χ4v) is 1.20. The van der Waals surface area contributed by atoms with Gasteiger partial charge in [0, 0.05) is 6.42 Å². The highest BCUT2D eigenvalue weighted by atomic mass is 16.4. The molecule has 1 radical (unpaired) electrons. The molecule has 0 saturated heterocycles. The van der Waals surface area contributed by atoms with Crippen molar-refractivity contribution < 1.29 is 4.42 Å². The molecule has 0 unspecified atom stereocenters. The summed E-state index contributed by atoms with van der Waals surface area (Å²) >= 11 is 0. The predicted molar refractivity (Wildman–Crippen MR) is 34.2 cm³/mol. The van der Waals surface area contributed by atoms with Crippen LogP contribution >= 0.6 is 0 Å². The third kappa shape index (κ3) is 1.03. The van der Waals surface area contributed by atoms with E-state index in [0.29, 0.717) is 0 Å². The zero-order chi connectivity index (χ0) is 6.81. The van der Waals surface area contributed by atoms with E-state index in [1.54, 1.807) is 0 Å². The van der Waals surface area contributed by atoms with Gasteiger partial charge in [0.1, 0.15) is 0 Å². The second-order valence-electron chi connectivity index (χ2n) is 2.79. The minimum atomic E-state index is 0.740. The van der Waals surface area contributed by atoms with E-state index in [4.69, 9.17) is 4.42 Å². The predicted octanol–water partition coefficient (Wildman–Crippen LogP) is 1.21. The second kappa shape index (κ2) is 2.40. The van der Waals surface area contributed by atoms with E-state index in [1.807, 2.05) is 0 Å². The lowest BCUT2D eigenvalue weighted by atomic mass is 9.83. The summed E-state index contributed by atoms with van der Waals surface area (Å²) in [5, 5.41) is 7.26. The topological polar surface area (TPSA) is 38.9 Å². The van der Waals surface area contributed by atoms with Crippen molar-refractivity contribution in [2.45, 2.75) is 25.7 Å². The molecule has 0 aromatic carbocycles. The van der Waals surface area contributed by atoms with E-state index in [9.17, 15) is 0 Å². The van der Waals surface area contributed by atoms with Crippen molar-refractivity contribution in [3.05, 3.63) is 12.3 Å². The average Bonchev–Trinajstić information content (AvgIpc) is 2.29. The Kier molecular flexibility index (Phi) is 1.42. The molecule has 2 rings (SSSR count). The lowest BCUT2D eigenvalue weighted by molar-refractivity contribution is 0.289. The Labute approximate surface area is 59.5 Å². The molecule has 0 N–H and O–H groups in total. The molecule has 0 bridgehead atoms. The van der Waals surface area contributed by atoms with Gasteiger partial charge >= 0.3 is 6.39 Å². The zero-order valence-electron chi connectivity index (χ0n) is 5.71. The van der Waals surface area contributed by atoms with Gasteiger partial charge in [-0.3, -0.25) is 0 Å². The van der Waals surface area contributed by atoms with Crippen molar-refractivity contribution in [3.63, 3.8) is 0 Å². The minimum absolute atomic E-state index is 0.740. The van der Waals surface area contributed by atoms with Crippen molar-refractivity contribution in [2.75, 3.05) is 0 Å². The molecule has 1 aromatic rings. The maximum absolute atomic E-state index is 4.89. The van der Waals surface area contributed by atoms with Gasteiger partial charge in [-0.1, -0.05) is 6.42 Å². The Bertz CT molecular complexity index is 191. The molecular formula is C7H9N2O. The maximum Gasteiger partial charge on any atom is 0.305 e. The van der Waals surface area contributed by atoms with Gasteiger partial charge in [-0.05, 0) is 18.8 Å². The highest BCUT2D eigenvalue weighted by Gasteiger charge is 2.19. The monoisotopic (exact) mass is 137 g/mol. The van der Waals surface area contributed by atoms with Crippen LogP contribution in [-0.4, -0.2) is 10.2 Å². The van der Waals surface area contributed by atoms with Gasteiger partial charge in [-0.2, -0.15) is 0 Å². The first-order valence-corrected chi connectivity index (χ1v) is 3.63. The molecule has 0 atom stereocenters. The van der Waals surface area contributed by atoms with Crippen LogP contribution in [0.25, 0.3) is 0 Å². The molecule has 1 heterocycles. The molecule has 0 aliphatic heterocycles. The minimum Gasteiger partial charge on any atom is -0.417 e. The zero-order valence-corrected chi connectivity index (χ0v) is 5.71. The van der Waals surface area contributed by atoms with Crippen LogP contribution in [0.2, 0.25) is 0 Å². The first-order chi connectivity index (χ1) is 4.95. The lowest BCUT2D eigenvalue weighted by Gasteiger charge is -2.23. The van der Waals surface area contributed by atoms with E-state index in [-0.39, 0.29) is 0 Å². The Morgan fingerprint density at radius 2 is 2.50 bits per heavy atom. The van der Waals surface area contributed by atoms with Crippen LogP contribution in [0.5, 0.6) is 0 Å². The van der Waals surface area contributed by atoms with Gasteiger partial charge in [-0.15, -0.1) is 10.2 Å². The van der Waals surface area contributed by atoms with Crippen LogP contribution in [-0.2, 0) is 6.42 Å². The molecule has 1 aliphatic carbocycles. The third-order valence-corrected chi connectivity index (χ3v) is 2.05. The third-order valence-electron chi connectivity index (χ3n) is 2.05. The Hall–Kier alpha value is -0.860. The van der Waals surface area contributed by atoms with Gasteiger partial charge in [-0.25, -0.2) is 0 Å². The molecule has 3 nitrogen and oxygen atoms in total. The van der Waals surface area contributed by atoms with Gasteiger partial charge in [0.05, 0.1) is 0 Å². The molecule has 1 saturated carbocycles.